The smallest absolute Gasteiger partial charge is 0.229 e. The van der Waals surface area contributed by atoms with Gasteiger partial charge in [-0.15, -0.1) is 0 Å². The topological polar surface area (TPSA) is 95.5 Å². The number of pyridine rings is 1. The SMILES string of the molecule is CNCc1cccc(N2CC(C)(COC)c3cnc(Nc4ccc(N5CCCC5=O)c(C)c4)nc32)n1. The predicted molar refractivity (Wildman–Crippen MR) is 141 cm³/mol. The van der Waals surface area contributed by atoms with Gasteiger partial charge in [-0.25, -0.2) is 9.97 Å². The first-order chi connectivity index (χ1) is 17.4. The lowest BCUT2D eigenvalue weighted by atomic mass is 9.87. The molecule has 0 spiro atoms. The Balaban J connectivity index is 1.46. The van der Waals surface area contributed by atoms with E-state index in [9.17, 15) is 4.79 Å². The van der Waals surface area contributed by atoms with Crippen molar-refractivity contribution in [3.05, 3.63) is 59.4 Å². The number of aromatic nitrogens is 3. The van der Waals surface area contributed by atoms with Crippen molar-refractivity contribution in [3.63, 3.8) is 0 Å². The van der Waals surface area contributed by atoms with E-state index in [4.69, 9.17) is 14.7 Å². The molecule has 1 atom stereocenters. The fourth-order valence-electron chi connectivity index (χ4n) is 5.17. The summed E-state index contributed by atoms with van der Waals surface area (Å²) >= 11 is 0. The number of carbonyl (C=O) groups excluding carboxylic acids is 1. The van der Waals surface area contributed by atoms with Crippen LogP contribution in [0.5, 0.6) is 0 Å². The summed E-state index contributed by atoms with van der Waals surface area (Å²) in [6.07, 6.45) is 3.42. The van der Waals surface area contributed by atoms with Gasteiger partial charge in [0.1, 0.15) is 11.6 Å². The third-order valence-corrected chi connectivity index (χ3v) is 6.89. The number of nitrogens with one attached hydrogen (secondary N) is 2. The van der Waals surface area contributed by atoms with Crippen LogP contribution >= 0.6 is 0 Å². The third-order valence-electron chi connectivity index (χ3n) is 6.89. The molecule has 1 saturated heterocycles. The molecule has 1 amide bonds. The molecule has 9 nitrogen and oxygen atoms in total. The van der Waals surface area contributed by atoms with E-state index in [1.165, 1.54) is 0 Å². The molecule has 0 bridgehead atoms. The van der Waals surface area contributed by atoms with Crippen molar-refractivity contribution in [1.29, 1.82) is 0 Å². The molecule has 2 aromatic heterocycles. The number of nitrogens with zero attached hydrogens (tertiary/aromatic N) is 5. The van der Waals surface area contributed by atoms with Crippen molar-refractivity contribution in [2.45, 2.75) is 38.6 Å². The van der Waals surface area contributed by atoms with Gasteiger partial charge in [-0.1, -0.05) is 13.0 Å². The quantitative estimate of drug-likeness (QED) is 0.495. The van der Waals surface area contributed by atoms with Gasteiger partial charge in [-0.2, -0.15) is 4.98 Å². The zero-order chi connectivity index (χ0) is 25.3. The average molecular weight is 488 g/mol. The molecule has 0 saturated carbocycles. The van der Waals surface area contributed by atoms with Crippen LogP contribution in [0.2, 0.25) is 0 Å². The minimum absolute atomic E-state index is 0.187. The molecule has 0 aliphatic carbocycles. The van der Waals surface area contributed by atoms with Gasteiger partial charge < -0.3 is 25.2 Å². The van der Waals surface area contributed by atoms with Crippen LogP contribution in [0, 0.1) is 6.92 Å². The van der Waals surface area contributed by atoms with E-state index in [2.05, 4.69) is 27.4 Å². The number of aryl methyl sites for hydroxylation is 1. The number of benzene rings is 1. The fourth-order valence-corrected chi connectivity index (χ4v) is 5.17. The van der Waals surface area contributed by atoms with Gasteiger partial charge in [0.05, 0.1) is 12.3 Å². The zero-order valence-corrected chi connectivity index (χ0v) is 21.3. The monoisotopic (exact) mass is 487 g/mol. The molecule has 2 aliphatic heterocycles. The Morgan fingerprint density at radius 3 is 2.75 bits per heavy atom. The first-order valence-corrected chi connectivity index (χ1v) is 12.3. The van der Waals surface area contributed by atoms with Crippen molar-refractivity contribution < 1.29 is 9.53 Å². The molecule has 36 heavy (non-hydrogen) atoms. The number of hydrogen-bond acceptors (Lipinski definition) is 8. The minimum atomic E-state index is -0.260. The Hall–Kier alpha value is -3.56. The van der Waals surface area contributed by atoms with Gasteiger partial charge >= 0.3 is 0 Å². The first kappa shape index (κ1) is 24.1. The molecular weight excluding hydrogens is 454 g/mol. The van der Waals surface area contributed by atoms with E-state index in [1.807, 2.05) is 61.5 Å². The summed E-state index contributed by atoms with van der Waals surface area (Å²) < 4.78 is 5.58. The molecule has 2 aliphatic rings. The standard InChI is InChI=1S/C27H33N7O2/c1-18-13-19(10-11-22(18)33-12-6-9-24(33)35)31-26-29-15-21-25(32-26)34(16-27(21,2)17-36-4)23-8-5-7-20(30-23)14-28-3/h5,7-8,10-11,13,15,28H,6,9,12,14,16-17H2,1-4H3,(H,29,31,32). The van der Waals surface area contributed by atoms with E-state index < -0.39 is 0 Å². The highest BCUT2D eigenvalue weighted by Gasteiger charge is 2.42. The molecule has 4 heterocycles. The number of ether oxygens (including phenoxy) is 1. The second kappa shape index (κ2) is 9.83. The van der Waals surface area contributed by atoms with E-state index in [0.717, 1.165) is 52.8 Å². The molecule has 3 aromatic rings. The summed E-state index contributed by atoms with van der Waals surface area (Å²) in [5.74, 6) is 2.38. The zero-order valence-electron chi connectivity index (χ0n) is 21.3. The number of hydrogen-bond donors (Lipinski definition) is 2. The molecule has 9 heteroatoms. The third kappa shape index (κ3) is 4.52. The number of methoxy groups -OCH3 is 1. The van der Waals surface area contributed by atoms with Gasteiger partial charge in [0, 0.05) is 61.7 Å². The number of amides is 1. The van der Waals surface area contributed by atoms with Crippen molar-refractivity contribution in [2.75, 3.05) is 49.0 Å². The van der Waals surface area contributed by atoms with Gasteiger partial charge in [-0.3, -0.25) is 4.79 Å². The Kier molecular flexibility index (Phi) is 6.59. The van der Waals surface area contributed by atoms with Crippen molar-refractivity contribution >= 4 is 34.9 Å². The van der Waals surface area contributed by atoms with Crippen LogP contribution in [0.25, 0.3) is 0 Å². The summed E-state index contributed by atoms with van der Waals surface area (Å²) in [6, 6.07) is 12.1. The normalized spacial score (nSPS) is 19.2. The molecular formula is C27H33N7O2. The van der Waals surface area contributed by atoms with Crippen molar-refractivity contribution in [2.24, 2.45) is 0 Å². The van der Waals surface area contributed by atoms with Gasteiger partial charge in [0.2, 0.25) is 11.9 Å². The van der Waals surface area contributed by atoms with E-state index in [1.54, 1.807) is 7.11 Å². The second-order valence-electron chi connectivity index (χ2n) is 9.80. The number of fused-ring (bicyclic) bond motifs is 1. The van der Waals surface area contributed by atoms with E-state index in [0.29, 0.717) is 32.1 Å². The maximum absolute atomic E-state index is 12.2. The summed E-state index contributed by atoms with van der Waals surface area (Å²) in [5, 5.41) is 6.52. The van der Waals surface area contributed by atoms with Gasteiger partial charge in [-0.05, 0) is 56.3 Å². The highest BCUT2D eigenvalue weighted by molar-refractivity contribution is 5.96. The Labute approximate surface area is 211 Å². The van der Waals surface area contributed by atoms with Gasteiger partial charge in [0.25, 0.3) is 0 Å². The number of rotatable bonds is 8. The highest BCUT2D eigenvalue weighted by atomic mass is 16.5. The number of anilines is 5. The second-order valence-corrected chi connectivity index (χ2v) is 9.80. The Morgan fingerprint density at radius 2 is 2.03 bits per heavy atom. The number of carbonyl (C=O) groups is 1. The molecule has 1 aromatic carbocycles. The van der Waals surface area contributed by atoms with Crippen molar-refractivity contribution in [1.82, 2.24) is 20.3 Å². The van der Waals surface area contributed by atoms with Crippen LogP contribution in [-0.4, -0.2) is 54.7 Å². The first-order valence-electron chi connectivity index (χ1n) is 12.3. The molecule has 1 fully saturated rings. The molecule has 5 rings (SSSR count). The van der Waals surface area contributed by atoms with Crippen LogP contribution in [0.1, 0.15) is 36.6 Å². The summed E-state index contributed by atoms with van der Waals surface area (Å²) in [6.45, 7) is 6.92. The largest absolute Gasteiger partial charge is 0.384 e. The Morgan fingerprint density at radius 1 is 1.17 bits per heavy atom. The minimum Gasteiger partial charge on any atom is -0.384 e. The van der Waals surface area contributed by atoms with E-state index >= 15 is 0 Å². The summed E-state index contributed by atoms with van der Waals surface area (Å²) in [5.41, 5.74) is 4.62. The molecule has 188 valence electrons. The highest BCUT2D eigenvalue weighted by Crippen LogP contribution is 2.43. The van der Waals surface area contributed by atoms with E-state index in [-0.39, 0.29) is 11.3 Å². The Bertz CT molecular complexity index is 1280. The fraction of sp³-hybridized carbons (Fsp3) is 0.407. The lowest BCUT2D eigenvalue weighted by molar-refractivity contribution is -0.117. The van der Waals surface area contributed by atoms with Crippen LogP contribution in [0.15, 0.2) is 42.6 Å². The van der Waals surface area contributed by atoms with Crippen molar-refractivity contribution in [3.8, 4) is 0 Å². The van der Waals surface area contributed by atoms with Crippen LogP contribution in [0.4, 0.5) is 29.0 Å². The van der Waals surface area contributed by atoms with Crippen LogP contribution in [-0.2, 0) is 21.5 Å². The maximum Gasteiger partial charge on any atom is 0.229 e. The molecule has 0 radical (unpaired) electrons. The molecule has 1 unspecified atom stereocenters. The van der Waals surface area contributed by atoms with Crippen LogP contribution in [0.3, 0.4) is 0 Å². The lowest BCUT2D eigenvalue weighted by Crippen LogP contribution is -2.33. The maximum atomic E-state index is 12.2. The summed E-state index contributed by atoms with van der Waals surface area (Å²) in [7, 11) is 3.63. The van der Waals surface area contributed by atoms with Crippen LogP contribution < -0.4 is 20.4 Å². The average Bonchev–Trinajstić information content (AvgIpc) is 3.40. The molecule has 2 N–H and O–H groups in total. The summed E-state index contributed by atoms with van der Waals surface area (Å²) in [4.78, 5) is 30.6. The lowest BCUT2D eigenvalue weighted by Gasteiger charge is -2.24. The predicted octanol–water partition coefficient (Wildman–Crippen LogP) is 3.83. The van der Waals surface area contributed by atoms with Gasteiger partial charge in [0.15, 0.2) is 0 Å².